The molecule has 0 aliphatic heterocycles. The van der Waals surface area contributed by atoms with Crippen LogP contribution >= 0.6 is 0 Å². The van der Waals surface area contributed by atoms with Crippen LogP contribution in [0.15, 0.2) is 23.0 Å². The first-order chi connectivity index (χ1) is 8.08. The number of furan rings is 1. The molecule has 1 atom stereocenters. The molecule has 2 N–H and O–H groups in total. The van der Waals surface area contributed by atoms with E-state index in [1.54, 1.807) is 26.7 Å². The van der Waals surface area contributed by atoms with Crippen molar-refractivity contribution in [2.24, 2.45) is 5.73 Å². The van der Waals surface area contributed by atoms with Crippen molar-refractivity contribution in [3.63, 3.8) is 0 Å². The summed E-state index contributed by atoms with van der Waals surface area (Å²) in [6, 6.07) is 1.93. The summed E-state index contributed by atoms with van der Waals surface area (Å²) in [6.45, 7) is 3.19. The molecule has 0 fully saturated rings. The number of rotatable bonds is 7. The maximum atomic E-state index is 5.86. The largest absolute Gasteiger partial charge is 0.472 e. The van der Waals surface area contributed by atoms with E-state index >= 15 is 0 Å². The molecule has 0 saturated carbocycles. The van der Waals surface area contributed by atoms with E-state index in [-0.39, 0.29) is 11.8 Å². The summed E-state index contributed by atoms with van der Waals surface area (Å²) in [6.07, 6.45) is 3.01. The first kappa shape index (κ1) is 14.2. The molecule has 0 spiro atoms. The van der Waals surface area contributed by atoms with Gasteiger partial charge in [-0.15, -0.1) is 0 Å². The van der Waals surface area contributed by atoms with Crippen LogP contribution in [0, 0.1) is 0 Å². The van der Waals surface area contributed by atoms with Gasteiger partial charge in [0.1, 0.15) is 0 Å². The number of hydrogen-bond acceptors (Lipinski definition) is 5. The van der Waals surface area contributed by atoms with Gasteiger partial charge in [-0.25, -0.2) is 0 Å². The van der Waals surface area contributed by atoms with Crippen molar-refractivity contribution in [2.45, 2.75) is 25.3 Å². The Morgan fingerprint density at radius 3 is 2.53 bits per heavy atom. The summed E-state index contributed by atoms with van der Waals surface area (Å²) in [7, 11) is 5.23. The van der Waals surface area contributed by atoms with Gasteiger partial charge < -0.3 is 19.6 Å². The van der Waals surface area contributed by atoms with Gasteiger partial charge >= 0.3 is 0 Å². The molecule has 0 amide bonds. The number of hydrogen-bond donors (Lipinski definition) is 1. The van der Waals surface area contributed by atoms with Gasteiger partial charge in [-0.2, -0.15) is 0 Å². The molecule has 98 valence electrons. The van der Waals surface area contributed by atoms with Gasteiger partial charge in [-0.05, 0) is 20.0 Å². The quantitative estimate of drug-likeness (QED) is 0.724. The molecule has 1 heterocycles. The van der Waals surface area contributed by atoms with Crippen molar-refractivity contribution in [1.82, 2.24) is 4.90 Å². The SMILES string of the molecule is COC(OC)C(C)(CN)N(C)Cc1ccoc1. The molecule has 0 aliphatic carbocycles. The highest BCUT2D eigenvalue weighted by molar-refractivity contribution is 5.06. The highest BCUT2D eigenvalue weighted by atomic mass is 16.7. The van der Waals surface area contributed by atoms with E-state index in [4.69, 9.17) is 19.6 Å². The van der Waals surface area contributed by atoms with E-state index < -0.39 is 0 Å². The molecule has 0 bridgehead atoms. The summed E-state index contributed by atoms with van der Waals surface area (Å²) < 4.78 is 15.7. The normalized spacial score (nSPS) is 15.5. The fourth-order valence-corrected chi connectivity index (χ4v) is 1.87. The van der Waals surface area contributed by atoms with Crippen LogP contribution in [-0.2, 0) is 16.0 Å². The van der Waals surface area contributed by atoms with Gasteiger partial charge in [-0.3, -0.25) is 4.90 Å². The first-order valence-corrected chi connectivity index (χ1v) is 5.56. The molecule has 0 aromatic carbocycles. The summed E-state index contributed by atoms with van der Waals surface area (Å²) in [5, 5.41) is 0. The van der Waals surface area contributed by atoms with E-state index in [0.717, 1.165) is 12.1 Å². The van der Waals surface area contributed by atoms with Crippen LogP contribution in [0.2, 0.25) is 0 Å². The minimum Gasteiger partial charge on any atom is -0.472 e. The van der Waals surface area contributed by atoms with Gasteiger partial charge in [-0.1, -0.05) is 0 Å². The Kier molecular flexibility index (Phi) is 5.14. The highest BCUT2D eigenvalue weighted by Gasteiger charge is 2.37. The molecule has 1 aromatic heterocycles. The summed E-state index contributed by atoms with van der Waals surface area (Å²) in [5.41, 5.74) is 6.57. The molecule has 1 rings (SSSR count). The second-order valence-electron chi connectivity index (χ2n) is 4.35. The van der Waals surface area contributed by atoms with Crippen LogP contribution in [0.3, 0.4) is 0 Å². The number of methoxy groups -OCH3 is 2. The lowest BCUT2D eigenvalue weighted by atomic mass is 9.99. The van der Waals surface area contributed by atoms with E-state index in [1.165, 1.54) is 0 Å². The Labute approximate surface area is 102 Å². The smallest absolute Gasteiger partial charge is 0.176 e. The Balaban J connectivity index is 2.77. The molecule has 5 nitrogen and oxygen atoms in total. The topological polar surface area (TPSA) is 60.9 Å². The average Bonchev–Trinajstić information content (AvgIpc) is 2.82. The predicted molar refractivity (Wildman–Crippen MR) is 65.4 cm³/mol. The Morgan fingerprint density at radius 2 is 2.12 bits per heavy atom. The van der Waals surface area contributed by atoms with E-state index in [0.29, 0.717) is 6.54 Å². The van der Waals surface area contributed by atoms with E-state index in [2.05, 4.69) is 4.90 Å². The van der Waals surface area contributed by atoms with Gasteiger partial charge in [0.25, 0.3) is 0 Å². The minimum atomic E-state index is -0.388. The van der Waals surface area contributed by atoms with Crippen molar-refractivity contribution in [2.75, 3.05) is 27.8 Å². The van der Waals surface area contributed by atoms with Crippen LogP contribution in [-0.4, -0.2) is 44.5 Å². The van der Waals surface area contributed by atoms with Crippen LogP contribution in [0.25, 0.3) is 0 Å². The van der Waals surface area contributed by atoms with Gasteiger partial charge in [0.15, 0.2) is 6.29 Å². The third-order valence-corrected chi connectivity index (χ3v) is 3.22. The second-order valence-corrected chi connectivity index (χ2v) is 4.35. The monoisotopic (exact) mass is 242 g/mol. The standard InChI is InChI=1S/C12H22N2O3/c1-12(9-13,11(15-3)16-4)14(2)7-10-5-6-17-8-10/h5-6,8,11H,7,9,13H2,1-4H3. The maximum absolute atomic E-state index is 5.86. The second kappa shape index (κ2) is 6.16. The lowest BCUT2D eigenvalue weighted by Gasteiger charge is -2.42. The molecule has 0 aliphatic rings. The molecule has 1 aromatic rings. The third kappa shape index (κ3) is 3.07. The Hall–Kier alpha value is -0.880. The number of ether oxygens (including phenoxy) is 2. The van der Waals surface area contributed by atoms with Crippen LogP contribution in [0.5, 0.6) is 0 Å². The molecular formula is C12H22N2O3. The van der Waals surface area contributed by atoms with E-state index in [1.807, 2.05) is 20.0 Å². The third-order valence-electron chi connectivity index (χ3n) is 3.22. The highest BCUT2D eigenvalue weighted by Crippen LogP contribution is 2.22. The van der Waals surface area contributed by atoms with Crippen molar-refractivity contribution in [3.05, 3.63) is 24.2 Å². The minimum absolute atomic E-state index is 0.371. The predicted octanol–water partition coefficient (Wildman–Crippen LogP) is 1.05. The van der Waals surface area contributed by atoms with Crippen molar-refractivity contribution in [1.29, 1.82) is 0 Å². The zero-order chi connectivity index (χ0) is 12.9. The van der Waals surface area contributed by atoms with Gasteiger partial charge in [0, 0.05) is 32.9 Å². The molecule has 0 saturated heterocycles. The molecule has 5 heteroatoms. The fourth-order valence-electron chi connectivity index (χ4n) is 1.87. The van der Waals surface area contributed by atoms with Crippen molar-refractivity contribution < 1.29 is 13.9 Å². The average molecular weight is 242 g/mol. The van der Waals surface area contributed by atoms with Crippen molar-refractivity contribution in [3.8, 4) is 0 Å². The Morgan fingerprint density at radius 1 is 1.47 bits per heavy atom. The number of nitrogens with two attached hydrogens (primary N) is 1. The molecule has 17 heavy (non-hydrogen) atoms. The summed E-state index contributed by atoms with van der Waals surface area (Å²) in [4.78, 5) is 2.11. The van der Waals surface area contributed by atoms with Gasteiger partial charge in [0.2, 0.25) is 0 Å². The van der Waals surface area contributed by atoms with Crippen LogP contribution in [0.4, 0.5) is 0 Å². The maximum Gasteiger partial charge on any atom is 0.176 e. The summed E-state index contributed by atoms with van der Waals surface area (Å²) >= 11 is 0. The Bertz CT molecular complexity index is 312. The number of nitrogens with zero attached hydrogens (tertiary/aromatic N) is 1. The molecular weight excluding hydrogens is 220 g/mol. The lowest BCUT2D eigenvalue weighted by molar-refractivity contribution is -0.178. The zero-order valence-electron chi connectivity index (χ0n) is 11.0. The van der Waals surface area contributed by atoms with Gasteiger partial charge in [0.05, 0.1) is 18.1 Å². The number of likely N-dealkylation sites (N-methyl/N-ethyl adjacent to an activating group) is 1. The molecule has 0 radical (unpaired) electrons. The molecule has 1 unspecified atom stereocenters. The van der Waals surface area contributed by atoms with E-state index in [9.17, 15) is 0 Å². The zero-order valence-corrected chi connectivity index (χ0v) is 11.0. The van der Waals surface area contributed by atoms with Crippen LogP contribution in [0.1, 0.15) is 12.5 Å². The van der Waals surface area contributed by atoms with Crippen LogP contribution < -0.4 is 5.73 Å². The fraction of sp³-hybridized carbons (Fsp3) is 0.667. The summed E-state index contributed by atoms with van der Waals surface area (Å²) in [5.74, 6) is 0. The van der Waals surface area contributed by atoms with Crippen molar-refractivity contribution >= 4 is 0 Å². The first-order valence-electron chi connectivity index (χ1n) is 5.56. The lowest BCUT2D eigenvalue weighted by Crippen LogP contribution is -2.58.